The molecule has 0 aliphatic carbocycles. The van der Waals surface area contributed by atoms with E-state index in [0.29, 0.717) is 12.4 Å². The number of rotatable bonds is 3. The van der Waals surface area contributed by atoms with Gasteiger partial charge in [-0.1, -0.05) is 12.5 Å². The van der Waals surface area contributed by atoms with Gasteiger partial charge >= 0.3 is 5.69 Å². The number of pyridine rings is 1. The number of amides is 1. The molecule has 3 rings (SSSR count). The summed E-state index contributed by atoms with van der Waals surface area (Å²) in [6.07, 6.45) is 3.93. The van der Waals surface area contributed by atoms with Crippen molar-refractivity contribution in [2.45, 2.75) is 45.7 Å². The van der Waals surface area contributed by atoms with Gasteiger partial charge in [0, 0.05) is 18.7 Å². The van der Waals surface area contributed by atoms with Crippen LogP contribution in [0.15, 0.2) is 23.0 Å². The zero-order valence-corrected chi connectivity index (χ0v) is 12.6. The predicted octanol–water partition coefficient (Wildman–Crippen LogP) is 1.11. The number of hydrogen-bond acceptors (Lipinski definition) is 4. The molecule has 0 aromatic carbocycles. The number of nitrogens with zero attached hydrogens (tertiary/aromatic N) is 4. The molecule has 2 aromatic heterocycles. The zero-order valence-electron chi connectivity index (χ0n) is 12.6. The molecule has 1 aliphatic heterocycles. The van der Waals surface area contributed by atoms with Crippen LogP contribution >= 0.6 is 0 Å². The van der Waals surface area contributed by atoms with Gasteiger partial charge in [0.05, 0.1) is 0 Å². The minimum Gasteiger partial charge on any atom is -0.309 e. The van der Waals surface area contributed by atoms with E-state index in [2.05, 4.69) is 15.4 Å². The SMILES string of the molecule is Cc1cccc(NC(=O)Cn2nc3n(c2=O)CCCCC3)n1. The number of aryl methyl sites for hydroxylation is 2. The van der Waals surface area contributed by atoms with Crippen LogP contribution in [-0.2, 0) is 24.3 Å². The molecule has 0 radical (unpaired) electrons. The summed E-state index contributed by atoms with van der Waals surface area (Å²) in [5.41, 5.74) is 0.618. The molecular formula is C15H19N5O2. The molecule has 2 aromatic rings. The molecule has 0 bridgehead atoms. The molecular weight excluding hydrogens is 282 g/mol. The van der Waals surface area contributed by atoms with Crippen LogP contribution in [0, 0.1) is 6.92 Å². The number of carbonyl (C=O) groups excluding carboxylic acids is 1. The smallest absolute Gasteiger partial charge is 0.309 e. The minimum atomic E-state index is -0.298. The summed E-state index contributed by atoms with van der Waals surface area (Å²) in [7, 11) is 0. The van der Waals surface area contributed by atoms with Crippen LogP contribution in [0.5, 0.6) is 0 Å². The molecule has 0 atom stereocenters. The first kappa shape index (κ1) is 14.5. The fourth-order valence-electron chi connectivity index (χ4n) is 2.66. The molecule has 0 unspecified atom stereocenters. The molecule has 0 fully saturated rings. The molecule has 0 saturated heterocycles. The Bertz CT molecular complexity index is 747. The summed E-state index contributed by atoms with van der Waals surface area (Å²) in [5.74, 6) is 0.969. The number of hydrogen-bond donors (Lipinski definition) is 1. The summed E-state index contributed by atoms with van der Waals surface area (Å²) < 4.78 is 2.93. The van der Waals surface area contributed by atoms with Crippen molar-refractivity contribution in [2.24, 2.45) is 0 Å². The van der Waals surface area contributed by atoms with E-state index in [1.54, 1.807) is 10.6 Å². The average Bonchev–Trinajstić information content (AvgIpc) is 2.65. The highest BCUT2D eigenvalue weighted by atomic mass is 16.2. The van der Waals surface area contributed by atoms with Crippen molar-refractivity contribution in [3.05, 3.63) is 40.2 Å². The maximum atomic E-state index is 12.3. The van der Waals surface area contributed by atoms with Crippen molar-refractivity contribution in [3.8, 4) is 0 Å². The Morgan fingerprint density at radius 1 is 1.32 bits per heavy atom. The van der Waals surface area contributed by atoms with Gasteiger partial charge in [-0.2, -0.15) is 5.10 Å². The third-order valence-corrected chi connectivity index (χ3v) is 3.73. The normalized spacial score (nSPS) is 14.2. The molecule has 7 heteroatoms. The number of fused-ring (bicyclic) bond motifs is 1. The summed E-state index contributed by atoms with van der Waals surface area (Å²) in [6, 6.07) is 5.39. The molecule has 0 saturated carbocycles. The lowest BCUT2D eigenvalue weighted by molar-refractivity contribution is -0.117. The Kier molecular flexibility index (Phi) is 4.04. The number of nitrogens with one attached hydrogen (secondary N) is 1. The van der Waals surface area contributed by atoms with E-state index < -0.39 is 0 Å². The van der Waals surface area contributed by atoms with Crippen LogP contribution in [0.1, 0.15) is 30.8 Å². The van der Waals surface area contributed by atoms with Crippen molar-refractivity contribution < 1.29 is 4.79 Å². The average molecular weight is 301 g/mol. The van der Waals surface area contributed by atoms with Gasteiger partial charge in [0.1, 0.15) is 18.2 Å². The number of carbonyl (C=O) groups is 1. The Morgan fingerprint density at radius 2 is 2.18 bits per heavy atom. The largest absolute Gasteiger partial charge is 0.346 e. The second kappa shape index (κ2) is 6.13. The highest BCUT2D eigenvalue weighted by Crippen LogP contribution is 2.10. The quantitative estimate of drug-likeness (QED) is 0.921. The van der Waals surface area contributed by atoms with E-state index in [1.807, 2.05) is 19.1 Å². The van der Waals surface area contributed by atoms with E-state index in [-0.39, 0.29) is 18.1 Å². The van der Waals surface area contributed by atoms with Crippen molar-refractivity contribution >= 4 is 11.7 Å². The van der Waals surface area contributed by atoms with E-state index in [9.17, 15) is 9.59 Å². The van der Waals surface area contributed by atoms with Crippen LogP contribution in [0.2, 0.25) is 0 Å². The lowest BCUT2D eigenvalue weighted by Gasteiger charge is -2.04. The van der Waals surface area contributed by atoms with Crippen molar-refractivity contribution in [1.29, 1.82) is 0 Å². The van der Waals surface area contributed by atoms with Crippen molar-refractivity contribution in [3.63, 3.8) is 0 Å². The number of anilines is 1. The molecule has 22 heavy (non-hydrogen) atoms. The summed E-state index contributed by atoms with van der Waals surface area (Å²) in [5, 5.41) is 6.99. The molecule has 116 valence electrons. The van der Waals surface area contributed by atoms with Gasteiger partial charge in [0.15, 0.2) is 0 Å². The number of aromatic nitrogens is 4. The van der Waals surface area contributed by atoms with Gasteiger partial charge in [-0.15, -0.1) is 0 Å². The van der Waals surface area contributed by atoms with Crippen LogP contribution in [-0.4, -0.2) is 25.2 Å². The van der Waals surface area contributed by atoms with Gasteiger partial charge in [-0.05, 0) is 31.9 Å². The van der Waals surface area contributed by atoms with E-state index in [4.69, 9.17) is 0 Å². The third kappa shape index (κ3) is 3.08. The molecule has 7 nitrogen and oxygen atoms in total. The third-order valence-electron chi connectivity index (χ3n) is 3.73. The van der Waals surface area contributed by atoms with Gasteiger partial charge < -0.3 is 5.32 Å². The Hall–Kier alpha value is -2.44. The summed E-state index contributed by atoms with van der Waals surface area (Å²) in [6.45, 7) is 2.45. The van der Waals surface area contributed by atoms with Crippen LogP contribution in [0.3, 0.4) is 0 Å². The van der Waals surface area contributed by atoms with Gasteiger partial charge in [-0.3, -0.25) is 9.36 Å². The Morgan fingerprint density at radius 3 is 3.00 bits per heavy atom. The Labute approximate surface area is 128 Å². The van der Waals surface area contributed by atoms with Crippen LogP contribution < -0.4 is 11.0 Å². The topological polar surface area (TPSA) is 81.8 Å². The van der Waals surface area contributed by atoms with Crippen LogP contribution in [0.4, 0.5) is 5.82 Å². The maximum absolute atomic E-state index is 12.3. The fourth-order valence-corrected chi connectivity index (χ4v) is 2.66. The summed E-state index contributed by atoms with van der Waals surface area (Å²) in [4.78, 5) is 28.6. The molecule has 0 spiro atoms. The fraction of sp³-hybridized carbons (Fsp3) is 0.467. The van der Waals surface area contributed by atoms with Gasteiger partial charge in [0.25, 0.3) is 0 Å². The van der Waals surface area contributed by atoms with Crippen molar-refractivity contribution in [1.82, 2.24) is 19.3 Å². The standard InChI is InChI=1S/C15H19N5O2/c1-11-6-5-7-12(16-11)17-14(21)10-20-15(22)19-9-4-2-3-8-13(19)18-20/h5-7H,2-4,8-10H2,1H3,(H,16,17,21). The minimum absolute atomic E-state index is 0.0888. The molecule has 1 aliphatic rings. The zero-order chi connectivity index (χ0) is 15.5. The van der Waals surface area contributed by atoms with Gasteiger partial charge in [0.2, 0.25) is 5.91 Å². The molecule has 3 heterocycles. The van der Waals surface area contributed by atoms with Gasteiger partial charge in [-0.25, -0.2) is 14.5 Å². The predicted molar refractivity (Wildman–Crippen MR) is 81.6 cm³/mol. The Balaban J connectivity index is 1.73. The summed E-state index contributed by atoms with van der Waals surface area (Å²) >= 11 is 0. The molecule has 1 amide bonds. The second-order valence-electron chi connectivity index (χ2n) is 5.53. The van der Waals surface area contributed by atoms with Crippen LogP contribution in [0.25, 0.3) is 0 Å². The first-order valence-electron chi connectivity index (χ1n) is 7.53. The highest BCUT2D eigenvalue weighted by Gasteiger charge is 2.17. The van der Waals surface area contributed by atoms with E-state index in [0.717, 1.165) is 37.2 Å². The molecule has 1 N–H and O–H groups in total. The second-order valence-corrected chi connectivity index (χ2v) is 5.53. The lowest BCUT2D eigenvalue weighted by Crippen LogP contribution is -2.30. The maximum Gasteiger partial charge on any atom is 0.346 e. The van der Waals surface area contributed by atoms with Crippen molar-refractivity contribution in [2.75, 3.05) is 5.32 Å². The lowest BCUT2D eigenvalue weighted by atomic mass is 10.2. The monoisotopic (exact) mass is 301 g/mol. The van der Waals surface area contributed by atoms with E-state index in [1.165, 1.54) is 4.68 Å². The highest BCUT2D eigenvalue weighted by molar-refractivity contribution is 5.89. The first-order valence-corrected chi connectivity index (χ1v) is 7.53. The first-order chi connectivity index (χ1) is 10.6. The van der Waals surface area contributed by atoms with E-state index >= 15 is 0 Å².